The molecule has 1 aliphatic rings. The first-order valence-corrected chi connectivity index (χ1v) is 10.7. The normalized spacial score (nSPS) is 17.4. The van der Waals surface area contributed by atoms with E-state index in [9.17, 15) is 4.79 Å². The second-order valence-corrected chi connectivity index (χ2v) is 8.19. The quantitative estimate of drug-likeness (QED) is 0.613. The Morgan fingerprint density at radius 2 is 1.77 bits per heavy atom. The topological polar surface area (TPSA) is 45.7 Å². The molecule has 31 heavy (non-hydrogen) atoms. The van der Waals surface area contributed by atoms with Gasteiger partial charge in [-0.25, -0.2) is 0 Å². The van der Waals surface area contributed by atoms with Crippen molar-refractivity contribution in [2.45, 2.75) is 13.0 Å². The van der Waals surface area contributed by atoms with E-state index in [4.69, 9.17) is 4.74 Å². The van der Waals surface area contributed by atoms with E-state index in [1.165, 1.54) is 11.1 Å². The summed E-state index contributed by atoms with van der Waals surface area (Å²) in [5, 5.41) is 0. The molecule has 1 aliphatic heterocycles. The maximum Gasteiger partial charge on any atom is 0.227 e. The van der Waals surface area contributed by atoms with Gasteiger partial charge in [0.25, 0.3) is 0 Å². The van der Waals surface area contributed by atoms with E-state index in [2.05, 4.69) is 46.3 Å². The predicted molar refractivity (Wildman–Crippen MR) is 123 cm³/mol. The highest BCUT2D eigenvalue weighted by atomic mass is 16.5. The van der Waals surface area contributed by atoms with Crippen LogP contribution in [0.5, 0.6) is 5.75 Å². The van der Waals surface area contributed by atoms with Crippen molar-refractivity contribution in [3.05, 3.63) is 84.2 Å². The van der Waals surface area contributed by atoms with Gasteiger partial charge < -0.3 is 9.64 Å². The van der Waals surface area contributed by atoms with Gasteiger partial charge in [-0.2, -0.15) is 0 Å². The molecule has 160 valence electrons. The maximum absolute atomic E-state index is 13.1. The van der Waals surface area contributed by atoms with Crippen LogP contribution >= 0.6 is 0 Å². The van der Waals surface area contributed by atoms with Crippen molar-refractivity contribution in [3.63, 3.8) is 0 Å². The number of amides is 1. The van der Waals surface area contributed by atoms with Gasteiger partial charge in [0.1, 0.15) is 5.75 Å². The second-order valence-electron chi connectivity index (χ2n) is 8.19. The van der Waals surface area contributed by atoms with Gasteiger partial charge >= 0.3 is 0 Å². The summed E-state index contributed by atoms with van der Waals surface area (Å²) in [5.74, 6) is 1.000. The average Bonchev–Trinajstić information content (AvgIpc) is 2.94. The van der Waals surface area contributed by atoms with Gasteiger partial charge in [-0.05, 0) is 46.9 Å². The minimum Gasteiger partial charge on any atom is -0.497 e. The number of carbonyl (C=O) groups is 1. The van der Waals surface area contributed by atoms with Gasteiger partial charge in [0.15, 0.2) is 0 Å². The Kier molecular flexibility index (Phi) is 6.63. The smallest absolute Gasteiger partial charge is 0.227 e. The number of rotatable bonds is 6. The molecule has 1 atom stereocenters. The van der Waals surface area contributed by atoms with E-state index >= 15 is 0 Å². The fraction of sp³-hybridized carbons (Fsp3) is 0.308. The number of aromatic nitrogens is 1. The van der Waals surface area contributed by atoms with Crippen LogP contribution in [-0.2, 0) is 17.8 Å². The van der Waals surface area contributed by atoms with E-state index < -0.39 is 0 Å². The Labute approximate surface area is 184 Å². The number of pyridine rings is 1. The number of ether oxygens (including phenoxy) is 1. The highest BCUT2D eigenvalue weighted by molar-refractivity contribution is 5.79. The van der Waals surface area contributed by atoms with Crippen LogP contribution in [0.2, 0.25) is 0 Å². The predicted octanol–water partition coefficient (Wildman–Crippen LogP) is 3.89. The van der Waals surface area contributed by atoms with Crippen LogP contribution in [-0.4, -0.2) is 54.5 Å². The fourth-order valence-corrected chi connectivity index (χ4v) is 4.20. The number of hydrogen-bond donors (Lipinski definition) is 0. The Morgan fingerprint density at radius 3 is 2.55 bits per heavy atom. The number of nitrogens with zero attached hydrogens (tertiary/aromatic N) is 3. The van der Waals surface area contributed by atoms with Crippen LogP contribution in [0.3, 0.4) is 0 Å². The highest BCUT2D eigenvalue weighted by Gasteiger charge is 2.28. The summed E-state index contributed by atoms with van der Waals surface area (Å²) in [7, 11) is 3.59. The molecule has 5 heteroatoms. The minimum absolute atomic E-state index is 0.0651. The summed E-state index contributed by atoms with van der Waals surface area (Å²) in [6, 6.07) is 20.6. The van der Waals surface area contributed by atoms with E-state index in [1.54, 1.807) is 13.3 Å². The molecular weight excluding hydrogens is 386 g/mol. The molecule has 0 radical (unpaired) electrons. The second kappa shape index (κ2) is 9.75. The number of methoxy groups -OCH3 is 1. The Morgan fingerprint density at radius 1 is 1.00 bits per heavy atom. The third-order valence-electron chi connectivity index (χ3n) is 5.90. The molecule has 1 amide bonds. The van der Waals surface area contributed by atoms with Crippen LogP contribution in [0.4, 0.5) is 0 Å². The molecule has 3 aromatic rings. The SMILES string of the molecule is COc1cccc(-c2cccc(C[C@H]3CN(Cc4cccnc4)CCN(C)C3=O)c2)c1. The van der Waals surface area contributed by atoms with E-state index in [1.807, 2.05) is 42.4 Å². The number of hydrogen-bond acceptors (Lipinski definition) is 4. The molecule has 0 unspecified atom stereocenters. The van der Waals surface area contributed by atoms with Crippen molar-refractivity contribution in [1.82, 2.24) is 14.8 Å². The summed E-state index contributed by atoms with van der Waals surface area (Å²) in [5.41, 5.74) is 4.61. The first-order chi connectivity index (χ1) is 15.1. The Hall–Kier alpha value is -3.18. The van der Waals surface area contributed by atoms with E-state index in [0.717, 1.165) is 49.5 Å². The summed E-state index contributed by atoms with van der Waals surface area (Å²) in [6.45, 7) is 3.19. The van der Waals surface area contributed by atoms with Crippen molar-refractivity contribution < 1.29 is 9.53 Å². The molecule has 2 aromatic carbocycles. The molecule has 5 nitrogen and oxygen atoms in total. The van der Waals surface area contributed by atoms with Crippen molar-refractivity contribution >= 4 is 5.91 Å². The summed E-state index contributed by atoms with van der Waals surface area (Å²) >= 11 is 0. The number of benzene rings is 2. The zero-order valence-electron chi connectivity index (χ0n) is 18.2. The molecule has 1 fully saturated rings. The van der Waals surface area contributed by atoms with Crippen molar-refractivity contribution in [1.29, 1.82) is 0 Å². The molecule has 1 saturated heterocycles. The van der Waals surface area contributed by atoms with Crippen LogP contribution in [0.25, 0.3) is 11.1 Å². The van der Waals surface area contributed by atoms with Crippen LogP contribution in [0.15, 0.2) is 73.1 Å². The van der Waals surface area contributed by atoms with Crippen LogP contribution in [0.1, 0.15) is 11.1 Å². The molecular formula is C26H29N3O2. The van der Waals surface area contributed by atoms with Gasteiger partial charge in [-0.15, -0.1) is 0 Å². The lowest BCUT2D eigenvalue weighted by Crippen LogP contribution is -2.34. The maximum atomic E-state index is 13.1. The van der Waals surface area contributed by atoms with Gasteiger partial charge in [0.2, 0.25) is 5.91 Å². The fourth-order valence-electron chi connectivity index (χ4n) is 4.20. The number of likely N-dealkylation sites (N-methyl/N-ethyl adjacent to an activating group) is 1. The largest absolute Gasteiger partial charge is 0.497 e. The molecule has 0 spiro atoms. The molecule has 0 aliphatic carbocycles. The standard InChI is InChI=1S/C26H29N3O2/c1-28-12-13-29(18-21-7-5-11-27-17-21)19-24(26(28)30)15-20-6-3-8-22(14-20)23-9-4-10-25(16-23)31-2/h3-11,14,16-17,24H,12-13,15,18-19H2,1-2H3/t24-/m0/s1. The van der Waals surface area contributed by atoms with Crippen LogP contribution in [0, 0.1) is 5.92 Å². The zero-order valence-corrected chi connectivity index (χ0v) is 18.2. The van der Waals surface area contributed by atoms with E-state index in [0.29, 0.717) is 0 Å². The molecule has 0 bridgehead atoms. The molecule has 0 saturated carbocycles. The Balaban J connectivity index is 1.52. The average molecular weight is 416 g/mol. The van der Waals surface area contributed by atoms with Gasteiger partial charge in [0, 0.05) is 45.6 Å². The molecule has 1 aromatic heterocycles. The summed E-state index contributed by atoms with van der Waals surface area (Å²) in [6.07, 6.45) is 4.43. The van der Waals surface area contributed by atoms with Gasteiger partial charge in [0.05, 0.1) is 13.0 Å². The molecule has 0 N–H and O–H groups in total. The molecule has 2 heterocycles. The summed E-state index contributed by atoms with van der Waals surface area (Å²) in [4.78, 5) is 21.5. The minimum atomic E-state index is -0.0651. The summed E-state index contributed by atoms with van der Waals surface area (Å²) < 4.78 is 5.37. The highest BCUT2D eigenvalue weighted by Crippen LogP contribution is 2.26. The lowest BCUT2D eigenvalue weighted by molar-refractivity contribution is -0.133. The first-order valence-electron chi connectivity index (χ1n) is 10.7. The molecule has 4 rings (SSSR count). The third kappa shape index (κ3) is 5.30. The van der Waals surface area contributed by atoms with Crippen molar-refractivity contribution in [2.75, 3.05) is 33.8 Å². The van der Waals surface area contributed by atoms with Crippen LogP contribution < -0.4 is 4.74 Å². The lowest BCUT2D eigenvalue weighted by Gasteiger charge is -2.23. The Bertz CT molecular complexity index is 1020. The zero-order chi connectivity index (χ0) is 21.6. The third-order valence-corrected chi connectivity index (χ3v) is 5.90. The van der Waals surface area contributed by atoms with Gasteiger partial charge in [-0.1, -0.05) is 42.5 Å². The van der Waals surface area contributed by atoms with E-state index in [-0.39, 0.29) is 11.8 Å². The van der Waals surface area contributed by atoms with Crippen molar-refractivity contribution in [3.8, 4) is 16.9 Å². The first kappa shape index (κ1) is 21.1. The monoisotopic (exact) mass is 415 g/mol. The number of carbonyl (C=O) groups excluding carboxylic acids is 1. The lowest BCUT2D eigenvalue weighted by atomic mass is 9.94. The van der Waals surface area contributed by atoms with Crippen molar-refractivity contribution in [2.24, 2.45) is 5.92 Å². The van der Waals surface area contributed by atoms with Gasteiger partial charge in [-0.3, -0.25) is 14.7 Å².